The second-order valence-corrected chi connectivity index (χ2v) is 9.51. The molecule has 2 aromatic carbocycles. The van der Waals surface area contributed by atoms with Crippen molar-refractivity contribution in [1.29, 1.82) is 0 Å². The molecule has 0 aliphatic carbocycles. The number of hydrogen-bond acceptors (Lipinski definition) is 7. The second-order valence-electron chi connectivity index (χ2n) is 6.68. The Morgan fingerprint density at radius 3 is 2.35 bits per heavy atom. The molecule has 1 atom stereocenters. The SMILES string of the molecule is CCOc1ccc(N([C@@H](CC)C(=O)Nc2nnc(-c3ccccc3)s2)S(C)(=O)=O)cc1. The van der Waals surface area contributed by atoms with Gasteiger partial charge in [0.25, 0.3) is 0 Å². The smallest absolute Gasteiger partial charge is 0.250 e. The molecule has 0 saturated carbocycles. The van der Waals surface area contributed by atoms with E-state index in [1.165, 1.54) is 11.3 Å². The van der Waals surface area contributed by atoms with Gasteiger partial charge in [0.1, 0.15) is 16.8 Å². The number of carbonyl (C=O) groups is 1. The Kier molecular flexibility index (Phi) is 7.24. The molecule has 0 spiro atoms. The van der Waals surface area contributed by atoms with E-state index < -0.39 is 22.0 Å². The normalized spacial score (nSPS) is 12.2. The summed E-state index contributed by atoms with van der Waals surface area (Å²) in [6.45, 7) is 4.12. The Bertz CT molecular complexity index is 1120. The van der Waals surface area contributed by atoms with Crippen LogP contribution in [-0.2, 0) is 14.8 Å². The third kappa shape index (κ3) is 5.59. The molecule has 1 aromatic heterocycles. The Labute approximate surface area is 185 Å². The van der Waals surface area contributed by atoms with Crippen molar-refractivity contribution in [2.75, 3.05) is 22.5 Å². The first-order chi connectivity index (χ1) is 14.8. The maximum atomic E-state index is 13.0. The minimum Gasteiger partial charge on any atom is -0.494 e. The lowest BCUT2D eigenvalue weighted by molar-refractivity contribution is -0.117. The van der Waals surface area contributed by atoms with Crippen molar-refractivity contribution < 1.29 is 17.9 Å². The first-order valence-electron chi connectivity index (χ1n) is 9.75. The molecule has 3 aromatic rings. The lowest BCUT2D eigenvalue weighted by atomic mass is 10.2. The minimum absolute atomic E-state index is 0.274. The molecular formula is C21H24N4O4S2. The van der Waals surface area contributed by atoms with Crippen molar-refractivity contribution in [2.24, 2.45) is 0 Å². The van der Waals surface area contributed by atoms with Crippen LogP contribution in [-0.4, -0.2) is 43.4 Å². The number of hydrogen-bond donors (Lipinski definition) is 1. The number of aromatic nitrogens is 2. The van der Waals surface area contributed by atoms with Crippen LogP contribution in [0.1, 0.15) is 20.3 Å². The fraction of sp³-hybridized carbons (Fsp3) is 0.286. The maximum Gasteiger partial charge on any atom is 0.250 e. The zero-order valence-corrected chi connectivity index (χ0v) is 19.1. The molecule has 0 aliphatic heterocycles. The summed E-state index contributed by atoms with van der Waals surface area (Å²) in [5, 5.41) is 11.8. The van der Waals surface area contributed by atoms with Crippen LogP contribution >= 0.6 is 11.3 Å². The van der Waals surface area contributed by atoms with Gasteiger partial charge in [-0.05, 0) is 37.6 Å². The lowest BCUT2D eigenvalue weighted by Crippen LogP contribution is -2.47. The fourth-order valence-corrected chi connectivity index (χ4v) is 5.04. The second kappa shape index (κ2) is 9.88. The summed E-state index contributed by atoms with van der Waals surface area (Å²) >= 11 is 1.23. The van der Waals surface area contributed by atoms with Crippen molar-refractivity contribution in [3.05, 3.63) is 54.6 Å². The van der Waals surface area contributed by atoms with Crippen LogP contribution in [0.25, 0.3) is 10.6 Å². The maximum absolute atomic E-state index is 13.0. The number of nitrogens with zero attached hydrogens (tertiary/aromatic N) is 3. The average molecular weight is 461 g/mol. The van der Waals surface area contributed by atoms with Gasteiger partial charge in [-0.25, -0.2) is 8.42 Å². The highest BCUT2D eigenvalue weighted by Crippen LogP contribution is 2.28. The van der Waals surface area contributed by atoms with Crippen LogP contribution in [0.5, 0.6) is 5.75 Å². The van der Waals surface area contributed by atoms with E-state index in [0.717, 1.165) is 16.1 Å². The number of anilines is 2. The summed E-state index contributed by atoms with van der Waals surface area (Å²) in [5.41, 5.74) is 1.27. The molecule has 3 rings (SSSR count). The van der Waals surface area contributed by atoms with E-state index in [1.54, 1.807) is 31.2 Å². The van der Waals surface area contributed by atoms with Crippen LogP contribution in [0.3, 0.4) is 0 Å². The molecule has 10 heteroatoms. The molecule has 8 nitrogen and oxygen atoms in total. The topological polar surface area (TPSA) is 101 Å². The molecule has 164 valence electrons. The number of ether oxygens (including phenoxy) is 1. The number of carbonyl (C=O) groups excluding carboxylic acids is 1. The Hall–Kier alpha value is -2.98. The predicted molar refractivity (Wildman–Crippen MR) is 123 cm³/mol. The number of sulfonamides is 1. The third-order valence-corrected chi connectivity index (χ3v) is 6.48. The molecule has 1 heterocycles. The van der Waals surface area contributed by atoms with Crippen molar-refractivity contribution >= 4 is 38.1 Å². The standard InChI is InChI=1S/C21H24N4O4S2/c1-4-18(25(31(3,27)28)16-11-13-17(14-12-16)29-5-2)19(26)22-21-24-23-20(30-21)15-9-7-6-8-10-15/h6-14,18H,4-5H2,1-3H3,(H,22,24,26)/t18-/m0/s1. The van der Waals surface area contributed by atoms with E-state index in [9.17, 15) is 13.2 Å². The van der Waals surface area contributed by atoms with Crippen LogP contribution < -0.4 is 14.4 Å². The van der Waals surface area contributed by atoms with Crippen LogP contribution in [0.2, 0.25) is 0 Å². The lowest BCUT2D eigenvalue weighted by Gasteiger charge is -2.29. The predicted octanol–water partition coefficient (Wildman–Crippen LogP) is 3.79. The largest absolute Gasteiger partial charge is 0.494 e. The van der Waals surface area contributed by atoms with E-state index in [4.69, 9.17) is 4.74 Å². The van der Waals surface area contributed by atoms with Crippen molar-refractivity contribution in [3.63, 3.8) is 0 Å². The average Bonchev–Trinajstić information content (AvgIpc) is 3.21. The summed E-state index contributed by atoms with van der Waals surface area (Å²) in [7, 11) is -3.73. The molecule has 1 amide bonds. The Balaban J connectivity index is 1.83. The Morgan fingerprint density at radius 1 is 1.10 bits per heavy atom. The molecule has 1 N–H and O–H groups in total. The zero-order chi connectivity index (χ0) is 22.4. The molecule has 0 fully saturated rings. The molecule has 0 bridgehead atoms. The van der Waals surface area contributed by atoms with Gasteiger partial charge in [0.05, 0.1) is 18.6 Å². The van der Waals surface area contributed by atoms with Crippen LogP contribution in [0, 0.1) is 0 Å². The third-order valence-electron chi connectivity index (χ3n) is 4.41. The zero-order valence-electron chi connectivity index (χ0n) is 17.5. The molecule has 31 heavy (non-hydrogen) atoms. The van der Waals surface area contributed by atoms with Crippen LogP contribution in [0.15, 0.2) is 54.6 Å². The monoisotopic (exact) mass is 460 g/mol. The van der Waals surface area contributed by atoms with Gasteiger partial charge < -0.3 is 4.74 Å². The molecular weight excluding hydrogens is 436 g/mol. The van der Waals surface area contributed by atoms with Gasteiger partial charge in [0.2, 0.25) is 21.1 Å². The summed E-state index contributed by atoms with van der Waals surface area (Å²) < 4.78 is 31.7. The van der Waals surface area contributed by atoms with E-state index in [2.05, 4.69) is 15.5 Å². The van der Waals surface area contributed by atoms with Gasteiger partial charge >= 0.3 is 0 Å². The van der Waals surface area contributed by atoms with E-state index in [-0.39, 0.29) is 6.42 Å². The van der Waals surface area contributed by atoms with E-state index in [1.807, 2.05) is 37.3 Å². The van der Waals surface area contributed by atoms with Crippen molar-refractivity contribution in [2.45, 2.75) is 26.3 Å². The number of benzene rings is 2. The molecule has 0 saturated heterocycles. The number of amides is 1. The van der Waals surface area contributed by atoms with Gasteiger partial charge in [-0.15, -0.1) is 10.2 Å². The van der Waals surface area contributed by atoms with Crippen molar-refractivity contribution in [1.82, 2.24) is 10.2 Å². The highest BCUT2D eigenvalue weighted by molar-refractivity contribution is 7.92. The van der Waals surface area contributed by atoms with E-state index in [0.29, 0.717) is 28.2 Å². The molecule has 0 unspecified atom stereocenters. The van der Waals surface area contributed by atoms with Gasteiger partial charge in [0, 0.05) is 5.56 Å². The highest BCUT2D eigenvalue weighted by atomic mass is 32.2. The van der Waals surface area contributed by atoms with Crippen LogP contribution in [0.4, 0.5) is 10.8 Å². The number of rotatable bonds is 9. The van der Waals surface area contributed by atoms with Gasteiger partial charge in [-0.1, -0.05) is 48.6 Å². The summed E-state index contributed by atoms with van der Waals surface area (Å²) in [4.78, 5) is 13.0. The first-order valence-corrected chi connectivity index (χ1v) is 12.4. The minimum atomic E-state index is -3.73. The molecule has 0 radical (unpaired) electrons. The van der Waals surface area contributed by atoms with Gasteiger partial charge in [0.15, 0.2) is 0 Å². The van der Waals surface area contributed by atoms with E-state index >= 15 is 0 Å². The van der Waals surface area contributed by atoms with Gasteiger partial charge in [-0.3, -0.25) is 14.4 Å². The summed E-state index contributed by atoms with van der Waals surface area (Å²) in [6, 6.07) is 15.2. The first kappa shape index (κ1) is 22.7. The molecule has 0 aliphatic rings. The fourth-order valence-electron chi connectivity index (χ4n) is 3.08. The van der Waals surface area contributed by atoms with Gasteiger partial charge in [-0.2, -0.15) is 0 Å². The summed E-state index contributed by atoms with van der Waals surface area (Å²) in [6.07, 6.45) is 1.36. The Morgan fingerprint density at radius 2 is 1.77 bits per heavy atom. The van der Waals surface area contributed by atoms with Crippen molar-refractivity contribution in [3.8, 4) is 16.3 Å². The quantitative estimate of drug-likeness (QED) is 0.521. The summed E-state index contributed by atoms with van der Waals surface area (Å²) in [5.74, 6) is 0.150. The number of nitrogens with one attached hydrogen (secondary N) is 1. The highest BCUT2D eigenvalue weighted by Gasteiger charge is 2.32.